The number of furan rings is 1. The lowest BCUT2D eigenvalue weighted by atomic mass is 9.83. The van der Waals surface area contributed by atoms with Gasteiger partial charge in [0.25, 0.3) is 0 Å². The summed E-state index contributed by atoms with van der Waals surface area (Å²) in [6.07, 6.45) is 0. The highest BCUT2D eigenvalue weighted by Crippen LogP contribution is 2.43. The number of nitrogens with two attached hydrogens (primary N) is 1. The summed E-state index contributed by atoms with van der Waals surface area (Å²) in [4.78, 5) is 12.9. The number of aryl methyl sites for hydroxylation is 2. The molecule has 1 aliphatic rings. The maximum absolute atomic E-state index is 12.9. The molecule has 0 fully saturated rings. The second-order valence-electron chi connectivity index (χ2n) is 8.34. The van der Waals surface area contributed by atoms with Gasteiger partial charge in [-0.1, -0.05) is 30.3 Å². The maximum Gasteiger partial charge on any atom is 0.379 e. The Labute approximate surface area is 201 Å². The third kappa shape index (κ3) is 3.85. The Kier molecular flexibility index (Phi) is 5.42. The van der Waals surface area contributed by atoms with E-state index in [1.807, 2.05) is 56.3 Å². The molecule has 1 aliphatic heterocycles. The lowest BCUT2D eigenvalue weighted by Crippen LogP contribution is -2.21. The van der Waals surface area contributed by atoms with Crippen molar-refractivity contribution in [3.63, 3.8) is 0 Å². The fourth-order valence-electron chi connectivity index (χ4n) is 4.32. The highest BCUT2D eigenvalue weighted by Gasteiger charge is 2.31. The lowest BCUT2D eigenvalue weighted by Gasteiger charge is -2.26. The normalized spacial score (nSPS) is 14.7. The van der Waals surface area contributed by atoms with Crippen molar-refractivity contribution in [1.82, 2.24) is 0 Å². The van der Waals surface area contributed by atoms with Crippen molar-refractivity contribution >= 4 is 16.9 Å². The molecule has 0 bridgehead atoms. The van der Waals surface area contributed by atoms with Crippen LogP contribution >= 0.6 is 0 Å². The van der Waals surface area contributed by atoms with E-state index in [2.05, 4.69) is 6.07 Å². The van der Waals surface area contributed by atoms with E-state index in [9.17, 15) is 10.1 Å². The van der Waals surface area contributed by atoms with E-state index < -0.39 is 11.9 Å². The van der Waals surface area contributed by atoms with Crippen LogP contribution in [0.3, 0.4) is 0 Å². The minimum Gasteiger partial charge on any atom is -0.497 e. The van der Waals surface area contributed by atoms with Crippen molar-refractivity contribution in [3.8, 4) is 23.3 Å². The minimum absolute atomic E-state index is 0.00722. The van der Waals surface area contributed by atoms with Crippen LogP contribution in [-0.2, 0) is 0 Å². The average molecular weight is 466 g/mol. The van der Waals surface area contributed by atoms with Gasteiger partial charge in [0.2, 0.25) is 11.6 Å². The SMILES string of the molecule is COc1ccc(C2C(C#N)=C(N)Oc3cc(OC(=O)c4oc5cc(C)ccc5c4C)ccc32)cc1. The molecule has 0 saturated carbocycles. The molecule has 1 atom stereocenters. The second kappa shape index (κ2) is 8.58. The van der Waals surface area contributed by atoms with Crippen molar-refractivity contribution in [2.75, 3.05) is 7.11 Å². The molecule has 3 aromatic carbocycles. The zero-order valence-corrected chi connectivity index (χ0v) is 19.4. The quantitative estimate of drug-likeness (QED) is 0.313. The lowest BCUT2D eigenvalue weighted by molar-refractivity contribution is 0.0702. The smallest absolute Gasteiger partial charge is 0.379 e. The number of methoxy groups -OCH3 is 1. The van der Waals surface area contributed by atoms with Crippen molar-refractivity contribution in [2.45, 2.75) is 19.8 Å². The van der Waals surface area contributed by atoms with Gasteiger partial charge in [-0.3, -0.25) is 0 Å². The third-order valence-electron chi connectivity index (χ3n) is 6.13. The summed E-state index contributed by atoms with van der Waals surface area (Å²) in [5, 5.41) is 10.6. The standard InChI is InChI=1S/C28H22N2O5/c1-15-4-10-20-16(2)26(34-23(20)12-15)28(31)33-19-9-11-21-24(13-19)35-27(30)22(14-29)25(21)17-5-7-18(32-3)8-6-17/h4-13,25H,30H2,1-3H3. The maximum atomic E-state index is 12.9. The molecule has 0 saturated heterocycles. The summed E-state index contributed by atoms with van der Waals surface area (Å²) in [6, 6.07) is 20.4. The van der Waals surface area contributed by atoms with Gasteiger partial charge in [-0.2, -0.15) is 5.26 Å². The molecule has 2 heterocycles. The molecular formula is C28H22N2O5. The van der Waals surface area contributed by atoms with E-state index >= 15 is 0 Å². The van der Waals surface area contributed by atoms with Gasteiger partial charge in [0, 0.05) is 22.6 Å². The number of hydrogen-bond acceptors (Lipinski definition) is 7. The Morgan fingerprint density at radius 3 is 2.49 bits per heavy atom. The molecular weight excluding hydrogens is 444 g/mol. The van der Waals surface area contributed by atoms with Crippen LogP contribution in [0.15, 0.2) is 76.5 Å². The number of carbonyl (C=O) groups excluding carboxylic acids is 1. The van der Waals surface area contributed by atoms with E-state index in [1.165, 1.54) is 0 Å². The number of benzene rings is 3. The summed E-state index contributed by atoms with van der Waals surface area (Å²) in [5.74, 6) is 0.491. The van der Waals surface area contributed by atoms with Crippen molar-refractivity contribution in [3.05, 3.63) is 100 Å². The first-order chi connectivity index (χ1) is 16.9. The molecule has 0 radical (unpaired) electrons. The monoisotopic (exact) mass is 466 g/mol. The van der Waals surface area contributed by atoms with E-state index in [0.29, 0.717) is 28.2 Å². The number of ether oxygens (including phenoxy) is 3. The number of nitrogens with zero attached hydrogens (tertiary/aromatic N) is 1. The minimum atomic E-state index is -0.611. The van der Waals surface area contributed by atoms with Crippen molar-refractivity contribution < 1.29 is 23.4 Å². The Balaban J connectivity index is 1.48. The Hall–Kier alpha value is -4.70. The summed E-state index contributed by atoms with van der Waals surface area (Å²) in [5.41, 5.74) is 10.4. The van der Waals surface area contributed by atoms with Crippen LogP contribution in [0.5, 0.6) is 17.2 Å². The van der Waals surface area contributed by atoms with Gasteiger partial charge in [0.05, 0.1) is 13.0 Å². The molecule has 2 N–H and O–H groups in total. The van der Waals surface area contributed by atoms with Crippen LogP contribution in [0.25, 0.3) is 11.0 Å². The van der Waals surface area contributed by atoms with E-state index in [0.717, 1.165) is 22.1 Å². The largest absolute Gasteiger partial charge is 0.497 e. The molecule has 7 heteroatoms. The number of allylic oxidation sites excluding steroid dienone is 1. The van der Waals surface area contributed by atoms with Gasteiger partial charge < -0.3 is 24.4 Å². The molecule has 5 rings (SSSR count). The number of nitriles is 1. The number of hydrogen-bond donors (Lipinski definition) is 1. The molecule has 0 amide bonds. The Morgan fingerprint density at radius 1 is 1.03 bits per heavy atom. The summed E-state index contributed by atoms with van der Waals surface area (Å²) in [6.45, 7) is 3.78. The fraction of sp³-hybridized carbons (Fsp3) is 0.143. The van der Waals surface area contributed by atoms with Gasteiger partial charge >= 0.3 is 5.97 Å². The highest BCUT2D eigenvalue weighted by atomic mass is 16.5. The first-order valence-electron chi connectivity index (χ1n) is 11.0. The zero-order chi connectivity index (χ0) is 24.7. The van der Waals surface area contributed by atoms with E-state index in [1.54, 1.807) is 25.3 Å². The molecule has 174 valence electrons. The first-order valence-corrected chi connectivity index (χ1v) is 11.0. The van der Waals surface area contributed by atoms with Gasteiger partial charge in [-0.15, -0.1) is 0 Å². The van der Waals surface area contributed by atoms with E-state index in [-0.39, 0.29) is 17.4 Å². The van der Waals surface area contributed by atoms with Crippen molar-refractivity contribution in [2.24, 2.45) is 5.73 Å². The van der Waals surface area contributed by atoms with Crippen LogP contribution in [0.4, 0.5) is 0 Å². The third-order valence-corrected chi connectivity index (χ3v) is 6.13. The van der Waals surface area contributed by atoms with Gasteiger partial charge in [-0.05, 0) is 49.2 Å². The van der Waals surface area contributed by atoms with Crippen LogP contribution in [0.1, 0.15) is 38.7 Å². The number of carbonyl (C=O) groups is 1. The number of fused-ring (bicyclic) bond motifs is 2. The van der Waals surface area contributed by atoms with E-state index in [4.69, 9.17) is 24.4 Å². The van der Waals surface area contributed by atoms with Gasteiger partial charge in [-0.25, -0.2) is 4.79 Å². The summed E-state index contributed by atoms with van der Waals surface area (Å²) < 4.78 is 22.4. The molecule has 1 unspecified atom stereocenters. The summed E-state index contributed by atoms with van der Waals surface area (Å²) >= 11 is 0. The predicted octanol–water partition coefficient (Wildman–Crippen LogP) is 5.50. The van der Waals surface area contributed by atoms with Crippen LogP contribution in [-0.4, -0.2) is 13.1 Å². The Morgan fingerprint density at radius 2 is 1.77 bits per heavy atom. The highest BCUT2D eigenvalue weighted by molar-refractivity contribution is 5.97. The molecule has 1 aromatic heterocycles. The van der Waals surface area contributed by atoms with Crippen LogP contribution < -0.4 is 19.9 Å². The number of esters is 1. The molecule has 0 aliphatic carbocycles. The van der Waals surface area contributed by atoms with Crippen LogP contribution in [0, 0.1) is 25.2 Å². The first kappa shape index (κ1) is 22.1. The second-order valence-corrected chi connectivity index (χ2v) is 8.34. The predicted molar refractivity (Wildman–Crippen MR) is 129 cm³/mol. The van der Waals surface area contributed by atoms with Crippen LogP contribution in [0.2, 0.25) is 0 Å². The van der Waals surface area contributed by atoms with Gasteiger partial charge in [0.15, 0.2) is 0 Å². The molecule has 0 spiro atoms. The molecule has 4 aromatic rings. The average Bonchev–Trinajstić information content (AvgIpc) is 3.18. The Bertz CT molecular complexity index is 1540. The summed E-state index contributed by atoms with van der Waals surface area (Å²) in [7, 11) is 1.59. The number of rotatable bonds is 4. The topological polar surface area (TPSA) is 108 Å². The molecule has 7 nitrogen and oxygen atoms in total. The molecule has 35 heavy (non-hydrogen) atoms. The zero-order valence-electron chi connectivity index (χ0n) is 19.4. The van der Waals surface area contributed by atoms with Crippen molar-refractivity contribution in [1.29, 1.82) is 5.26 Å². The van der Waals surface area contributed by atoms with Gasteiger partial charge in [0.1, 0.15) is 34.5 Å². The fourth-order valence-corrected chi connectivity index (χ4v) is 4.32.